The summed E-state index contributed by atoms with van der Waals surface area (Å²) in [5, 5.41) is 0. The molecule has 0 bridgehead atoms. The van der Waals surface area contributed by atoms with Gasteiger partial charge in [-0.2, -0.15) is 0 Å². The van der Waals surface area contributed by atoms with E-state index in [9.17, 15) is 4.79 Å². The molecule has 0 radical (unpaired) electrons. The van der Waals surface area contributed by atoms with Crippen LogP contribution in [0.5, 0.6) is 0 Å². The van der Waals surface area contributed by atoms with Gasteiger partial charge in [-0.15, -0.1) is 0 Å². The second-order valence-corrected chi connectivity index (χ2v) is 6.00. The van der Waals surface area contributed by atoms with E-state index in [1.54, 1.807) is 0 Å². The van der Waals surface area contributed by atoms with E-state index in [0.29, 0.717) is 23.0 Å². The zero-order chi connectivity index (χ0) is 11.1. The molecule has 0 N–H and O–H groups in total. The van der Waals surface area contributed by atoms with Crippen molar-refractivity contribution in [1.29, 1.82) is 0 Å². The lowest BCUT2D eigenvalue weighted by Crippen LogP contribution is -2.47. The predicted octanol–water partition coefficient (Wildman–Crippen LogP) is 3.74. The molecule has 2 atom stereocenters. The maximum Gasteiger partial charge on any atom is 0.136 e. The summed E-state index contributed by atoms with van der Waals surface area (Å²) in [6, 6.07) is 0. The van der Waals surface area contributed by atoms with Crippen LogP contribution in [0.4, 0.5) is 0 Å². The van der Waals surface area contributed by atoms with Crippen molar-refractivity contribution in [2.24, 2.45) is 17.3 Å². The Kier molecular flexibility index (Phi) is 2.74. The smallest absolute Gasteiger partial charge is 0.136 e. The molecule has 1 heteroatoms. The quantitative estimate of drug-likeness (QED) is 0.552. The van der Waals surface area contributed by atoms with E-state index in [1.807, 2.05) is 0 Å². The van der Waals surface area contributed by atoms with Gasteiger partial charge in [-0.05, 0) is 43.9 Å². The summed E-state index contributed by atoms with van der Waals surface area (Å²) in [7, 11) is 0. The topological polar surface area (TPSA) is 17.1 Å². The molecule has 0 aliphatic heterocycles. The van der Waals surface area contributed by atoms with E-state index in [2.05, 4.69) is 26.8 Å². The van der Waals surface area contributed by atoms with Crippen LogP contribution in [0, 0.1) is 17.3 Å². The summed E-state index contributed by atoms with van der Waals surface area (Å²) in [4.78, 5) is 11.9. The minimum atomic E-state index is 0.388. The number of hydrogen-bond donors (Lipinski definition) is 0. The summed E-state index contributed by atoms with van der Waals surface area (Å²) in [6.07, 6.45) is 7.53. The predicted molar refractivity (Wildman–Crippen MR) is 62.6 cm³/mol. The molecular formula is C14H22O. The minimum absolute atomic E-state index is 0.388. The van der Waals surface area contributed by atoms with Gasteiger partial charge in [0, 0.05) is 12.3 Å². The molecule has 1 fully saturated rings. The van der Waals surface area contributed by atoms with Gasteiger partial charge in [-0.3, -0.25) is 4.79 Å². The minimum Gasteiger partial charge on any atom is -0.299 e. The van der Waals surface area contributed by atoms with Crippen LogP contribution in [0.15, 0.2) is 11.6 Å². The number of fused-ring (bicyclic) bond motifs is 1. The van der Waals surface area contributed by atoms with Crippen molar-refractivity contribution in [2.45, 2.75) is 52.9 Å². The lowest BCUT2D eigenvalue weighted by atomic mass is 9.53. The molecule has 0 unspecified atom stereocenters. The maximum atomic E-state index is 11.9. The molecular weight excluding hydrogens is 184 g/mol. The molecule has 2 rings (SSSR count). The molecule has 0 amide bonds. The Balaban J connectivity index is 2.12. The Morgan fingerprint density at radius 3 is 2.73 bits per heavy atom. The van der Waals surface area contributed by atoms with Gasteiger partial charge >= 0.3 is 0 Å². The van der Waals surface area contributed by atoms with Crippen LogP contribution in [-0.2, 0) is 4.79 Å². The summed E-state index contributed by atoms with van der Waals surface area (Å²) in [6.45, 7) is 6.84. The average molecular weight is 206 g/mol. The number of Topliss-reactive ketones (excluding diaryl/α,β-unsaturated/α-hetero) is 1. The number of rotatable bonds is 0. The second-order valence-electron chi connectivity index (χ2n) is 6.00. The van der Waals surface area contributed by atoms with Crippen LogP contribution in [0.3, 0.4) is 0 Å². The lowest BCUT2D eigenvalue weighted by Gasteiger charge is -2.51. The molecule has 1 nitrogen and oxygen atoms in total. The molecule has 15 heavy (non-hydrogen) atoms. The fourth-order valence-electron chi connectivity index (χ4n) is 3.31. The summed E-state index contributed by atoms with van der Waals surface area (Å²) in [5.74, 6) is 1.55. The zero-order valence-electron chi connectivity index (χ0n) is 10.2. The molecule has 0 aromatic carbocycles. The van der Waals surface area contributed by atoms with E-state index in [1.165, 1.54) is 18.4 Å². The Bertz CT molecular complexity index is 298. The zero-order valence-corrected chi connectivity index (χ0v) is 10.2. The van der Waals surface area contributed by atoms with Crippen LogP contribution < -0.4 is 0 Å². The highest BCUT2D eigenvalue weighted by Gasteiger charge is 2.49. The first-order valence-electron chi connectivity index (χ1n) is 6.19. The van der Waals surface area contributed by atoms with E-state index >= 15 is 0 Å². The number of hydrogen-bond acceptors (Lipinski definition) is 1. The Hall–Kier alpha value is -0.590. The van der Waals surface area contributed by atoms with Crippen molar-refractivity contribution < 1.29 is 4.79 Å². The lowest BCUT2D eigenvalue weighted by molar-refractivity contribution is -0.136. The highest BCUT2D eigenvalue weighted by Crippen LogP contribution is 2.54. The Morgan fingerprint density at radius 1 is 1.33 bits per heavy atom. The number of allylic oxidation sites excluding steroid dienone is 2. The van der Waals surface area contributed by atoms with E-state index in [4.69, 9.17) is 0 Å². The van der Waals surface area contributed by atoms with Gasteiger partial charge in [0.25, 0.3) is 0 Å². The first kappa shape index (κ1) is 10.9. The summed E-state index contributed by atoms with van der Waals surface area (Å²) < 4.78 is 0. The van der Waals surface area contributed by atoms with Crippen molar-refractivity contribution in [1.82, 2.24) is 0 Å². The van der Waals surface area contributed by atoms with E-state index in [-0.39, 0.29) is 0 Å². The molecule has 0 saturated heterocycles. The van der Waals surface area contributed by atoms with Gasteiger partial charge in [-0.25, -0.2) is 0 Å². The molecule has 2 aliphatic rings. The first-order valence-corrected chi connectivity index (χ1v) is 6.19. The number of ketones is 1. The molecule has 0 aromatic heterocycles. The average Bonchev–Trinajstić information content (AvgIpc) is 2.18. The van der Waals surface area contributed by atoms with Gasteiger partial charge < -0.3 is 0 Å². The number of carbonyl (C=O) groups excluding carboxylic acids is 1. The van der Waals surface area contributed by atoms with Crippen LogP contribution in [0.2, 0.25) is 0 Å². The van der Waals surface area contributed by atoms with Crippen molar-refractivity contribution >= 4 is 5.78 Å². The van der Waals surface area contributed by atoms with Gasteiger partial charge in [-0.1, -0.05) is 25.5 Å². The molecule has 0 heterocycles. The summed E-state index contributed by atoms with van der Waals surface area (Å²) in [5.41, 5.74) is 1.89. The fourth-order valence-corrected chi connectivity index (χ4v) is 3.31. The van der Waals surface area contributed by atoms with Crippen LogP contribution in [-0.4, -0.2) is 5.78 Å². The van der Waals surface area contributed by atoms with Gasteiger partial charge in [0.2, 0.25) is 0 Å². The van der Waals surface area contributed by atoms with Gasteiger partial charge in [0.15, 0.2) is 0 Å². The molecule has 0 spiro atoms. The highest BCUT2D eigenvalue weighted by molar-refractivity contribution is 5.82. The van der Waals surface area contributed by atoms with Crippen molar-refractivity contribution in [2.75, 3.05) is 0 Å². The molecule has 2 aliphatic carbocycles. The third-order valence-electron chi connectivity index (χ3n) is 4.38. The van der Waals surface area contributed by atoms with Gasteiger partial charge in [0.05, 0.1) is 0 Å². The third-order valence-corrected chi connectivity index (χ3v) is 4.38. The standard InChI is InChI=1S/C14H22O/c1-10-5-4-6-13(15)11-9-14(2,3)12(11)8-7-10/h5,11-12H,4,6-9H2,1-3H3/b10-5-/t11-,12-/m1/s1. The van der Waals surface area contributed by atoms with E-state index in [0.717, 1.165) is 19.3 Å². The largest absolute Gasteiger partial charge is 0.299 e. The SMILES string of the molecule is C/C1=C/CCC(=O)[C@@H]2CC(C)(C)[C@@H]2CC1. The molecule has 0 aromatic rings. The highest BCUT2D eigenvalue weighted by atomic mass is 16.1. The fraction of sp³-hybridized carbons (Fsp3) is 0.786. The third kappa shape index (κ3) is 2.02. The first-order chi connectivity index (χ1) is 7.00. The Morgan fingerprint density at radius 2 is 2.07 bits per heavy atom. The Labute approximate surface area is 92.9 Å². The van der Waals surface area contributed by atoms with E-state index < -0.39 is 0 Å². The molecule has 1 saturated carbocycles. The second kappa shape index (κ2) is 3.77. The van der Waals surface area contributed by atoms with Crippen LogP contribution in [0.25, 0.3) is 0 Å². The molecule has 84 valence electrons. The van der Waals surface area contributed by atoms with Crippen molar-refractivity contribution in [3.05, 3.63) is 11.6 Å². The monoisotopic (exact) mass is 206 g/mol. The normalized spacial score (nSPS) is 38.9. The number of carbonyl (C=O) groups is 1. The van der Waals surface area contributed by atoms with Gasteiger partial charge in [0.1, 0.15) is 5.78 Å². The van der Waals surface area contributed by atoms with Crippen LogP contribution in [0.1, 0.15) is 52.9 Å². The van der Waals surface area contributed by atoms with Crippen molar-refractivity contribution in [3.8, 4) is 0 Å². The maximum absolute atomic E-state index is 11.9. The van der Waals surface area contributed by atoms with Crippen molar-refractivity contribution in [3.63, 3.8) is 0 Å². The van der Waals surface area contributed by atoms with Crippen LogP contribution >= 0.6 is 0 Å². The summed E-state index contributed by atoms with van der Waals surface area (Å²) >= 11 is 0.